The Morgan fingerprint density at radius 2 is 1.53 bits per heavy atom. The lowest BCUT2D eigenvalue weighted by atomic mass is 9.80. The molecule has 0 radical (unpaired) electrons. The minimum atomic E-state index is 0.346. The van der Waals surface area contributed by atoms with Crippen LogP contribution in [0.5, 0.6) is 0 Å². The molecular weight excluding hydrogens is 206 g/mol. The van der Waals surface area contributed by atoms with Crippen molar-refractivity contribution in [3.8, 4) is 0 Å². The monoisotopic (exact) mass is 239 g/mol. The quantitative estimate of drug-likeness (QED) is 0.674. The summed E-state index contributed by atoms with van der Waals surface area (Å²) < 4.78 is 0. The van der Waals surface area contributed by atoms with E-state index in [1.54, 1.807) is 0 Å². The minimum absolute atomic E-state index is 0.346. The summed E-state index contributed by atoms with van der Waals surface area (Å²) in [6.45, 7) is 19.3. The lowest BCUT2D eigenvalue weighted by molar-refractivity contribution is 0.0777. The molecular formula is C16H33N. The molecule has 1 heterocycles. The van der Waals surface area contributed by atoms with Gasteiger partial charge in [0.2, 0.25) is 0 Å². The standard InChI is InChI=1S/C16H33N/c1-14(2,3)13-16(6,7)17-11-8-9-15(4,5)10-12-17/h8-13H2,1-7H3. The zero-order chi connectivity index (χ0) is 13.3. The molecule has 0 unspecified atom stereocenters. The normalized spacial score (nSPS) is 23.5. The number of hydrogen-bond acceptors (Lipinski definition) is 1. The van der Waals surface area contributed by atoms with Gasteiger partial charge < -0.3 is 0 Å². The Labute approximate surface area is 109 Å². The maximum Gasteiger partial charge on any atom is 0.0158 e. The van der Waals surface area contributed by atoms with Gasteiger partial charge in [0.25, 0.3) is 0 Å². The number of nitrogens with zero attached hydrogens (tertiary/aromatic N) is 1. The third-order valence-corrected chi connectivity index (χ3v) is 4.16. The van der Waals surface area contributed by atoms with Crippen molar-refractivity contribution in [3.05, 3.63) is 0 Å². The maximum absolute atomic E-state index is 2.73. The Morgan fingerprint density at radius 3 is 2.06 bits per heavy atom. The van der Waals surface area contributed by atoms with Gasteiger partial charge in [-0.25, -0.2) is 0 Å². The van der Waals surface area contributed by atoms with Gasteiger partial charge in [0.15, 0.2) is 0 Å². The van der Waals surface area contributed by atoms with Gasteiger partial charge in [-0.3, -0.25) is 4.90 Å². The van der Waals surface area contributed by atoms with Crippen LogP contribution >= 0.6 is 0 Å². The van der Waals surface area contributed by atoms with Crippen molar-refractivity contribution in [2.75, 3.05) is 13.1 Å². The third-order valence-electron chi connectivity index (χ3n) is 4.16. The van der Waals surface area contributed by atoms with Crippen LogP contribution in [-0.4, -0.2) is 23.5 Å². The molecule has 1 nitrogen and oxygen atoms in total. The first-order valence-electron chi connectivity index (χ1n) is 7.27. The van der Waals surface area contributed by atoms with Crippen LogP contribution < -0.4 is 0 Å². The van der Waals surface area contributed by atoms with E-state index in [9.17, 15) is 0 Å². The number of likely N-dealkylation sites (tertiary alicyclic amines) is 1. The molecule has 1 heteroatoms. The molecule has 102 valence electrons. The van der Waals surface area contributed by atoms with Crippen molar-refractivity contribution in [2.24, 2.45) is 10.8 Å². The van der Waals surface area contributed by atoms with Crippen LogP contribution in [0.4, 0.5) is 0 Å². The predicted octanol–water partition coefficient (Wildman–Crippen LogP) is 4.71. The minimum Gasteiger partial charge on any atom is -0.298 e. The lowest BCUT2D eigenvalue weighted by Gasteiger charge is -2.42. The van der Waals surface area contributed by atoms with Gasteiger partial charge in [0.05, 0.1) is 0 Å². The Kier molecular flexibility index (Phi) is 4.34. The number of rotatable bonds is 2. The van der Waals surface area contributed by atoms with Crippen molar-refractivity contribution in [2.45, 2.75) is 79.7 Å². The summed E-state index contributed by atoms with van der Waals surface area (Å²) in [6.07, 6.45) is 5.37. The molecule has 0 spiro atoms. The molecule has 1 fully saturated rings. The first-order valence-corrected chi connectivity index (χ1v) is 7.27. The van der Waals surface area contributed by atoms with E-state index in [0.717, 1.165) is 0 Å². The van der Waals surface area contributed by atoms with Crippen molar-refractivity contribution in [1.82, 2.24) is 4.90 Å². The Balaban J connectivity index is 2.65. The average Bonchev–Trinajstić information content (AvgIpc) is 2.21. The molecule has 0 saturated carbocycles. The van der Waals surface area contributed by atoms with Crippen LogP contribution in [0, 0.1) is 10.8 Å². The summed E-state index contributed by atoms with van der Waals surface area (Å²) in [5.74, 6) is 0. The van der Waals surface area contributed by atoms with E-state index in [1.165, 1.54) is 38.8 Å². The molecule has 0 N–H and O–H groups in total. The fraction of sp³-hybridized carbons (Fsp3) is 1.00. The predicted molar refractivity (Wildman–Crippen MR) is 77.4 cm³/mol. The highest BCUT2D eigenvalue weighted by atomic mass is 15.2. The molecule has 0 amide bonds. The summed E-state index contributed by atoms with van der Waals surface area (Å²) in [5, 5.41) is 0. The Hall–Kier alpha value is -0.0400. The van der Waals surface area contributed by atoms with Gasteiger partial charge in [-0.1, -0.05) is 34.6 Å². The summed E-state index contributed by atoms with van der Waals surface area (Å²) in [6, 6.07) is 0. The molecule has 1 rings (SSSR count). The highest BCUT2D eigenvalue weighted by Gasteiger charge is 2.34. The molecule has 0 atom stereocenters. The smallest absolute Gasteiger partial charge is 0.0158 e. The Bertz CT molecular complexity index is 245. The molecule has 17 heavy (non-hydrogen) atoms. The Morgan fingerprint density at radius 1 is 0.941 bits per heavy atom. The zero-order valence-corrected chi connectivity index (χ0v) is 13.2. The van der Waals surface area contributed by atoms with Crippen molar-refractivity contribution in [1.29, 1.82) is 0 Å². The van der Waals surface area contributed by atoms with E-state index in [4.69, 9.17) is 0 Å². The van der Waals surface area contributed by atoms with E-state index >= 15 is 0 Å². The van der Waals surface area contributed by atoms with Gasteiger partial charge in [-0.15, -0.1) is 0 Å². The second-order valence-electron chi connectivity index (χ2n) is 8.55. The first-order chi connectivity index (χ1) is 7.52. The second kappa shape index (κ2) is 4.91. The summed E-state index contributed by atoms with van der Waals surface area (Å²) in [5.41, 5.74) is 1.32. The highest BCUT2D eigenvalue weighted by molar-refractivity contribution is 4.89. The molecule has 0 aromatic rings. The van der Waals surface area contributed by atoms with Gasteiger partial charge in [-0.05, 0) is 63.5 Å². The summed E-state index contributed by atoms with van der Waals surface area (Å²) in [4.78, 5) is 2.73. The van der Waals surface area contributed by atoms with Crippen LogP contribution in [0.25, 0.3) is 0 Å². The van der Waals surface area contributed by atoms with Gasteiger partial charge in [0.1, 0.15) is 0 Å². The molecule has 0 bridgehead atoms. The lowest BCUT2D eigenvalue weighted by Crippen LogP contribution is -2.46. The maximum atomic E-state index is 2.73. The van der Waals surface area contributed by atoms with Crippen molar-refractivity contribution in [3.63, 3.8) is 0 Å². The van der Waals surface area contributed by atoms with Crippen LogP contribution in [0.15, 0.2) is 0 Å². The summed E-state index contributed by atoms with van der Waals surface area (Å²) >= 11 is 0. The molecule has 0 aromatic carbocycles. The number of hydrogen-bond donors (Lipinski definition) is 0. The third kappa shape index (κ3) is 4.99. The van der Waals surface area contributed by atoms with Crippen molar-refractivity contribution >= 4 is 0 Å². The molecule has 1 aliphatic rings. The zero-order valence-electron chi connectivity index (χ0n) is 13.2. The van der Waals surface area contributed by atoms with E-state index in [0.29, 0.717) is 16.4 Å². The van der Waals surface area contributed by atoms with Crippen LogP contribution in [0.1, 0.15) is 74.1 Å². The highest BCUT2D eigenvalue weighted by Crippen LogP contribution is 2.36. The van der Waals surface area contributed by atoms with E-state index in [2.05, 4.69) is 53.4 Å². The SMILES string of the molecule is CC(C)(C)CC(C)(C)N1CCCC(C)(C)CC1. The van der Waals surface area contributed by atoms with Crippen LogP contribution in [0.2, 0.25) is 0 Å². The van der Waals surface area contributed by atoms with E-state index < -0.39 is 0 Å². The van der Waals surface area contributed by atoms with Gasteiger partial charge >= 0.3 is 0 Å². The van der Waals surface area contributed by atoms with E-state index in [-0.39, 0.29) is 0 Å². The average molecular weight is 239 g/mol. The topological polar surface area (TPSA) is 3.24 Å². The van der Waals surface area contributed by atoms with E-state index in [1.807, 2.05) is 0 Å². The van der Waals surface area contributed by atoms with Crippen LogP contribution in [-0.2, 0) is 0 Å². The fourth-order valence-corrected chi connectivity index (χ4v) is 3.44. The van der Waals surface area contributed by atoms with Gasteiger partial charge in [-0.2, -0.15) is 0 Å². The fourth-order valence-electron chi connectivity index (χ4n) is 3.44. The van der Waals surface area contributed by atoms with Crippen LogP contribution in [0.3, 0.4) is 0 Å². The van der Waals surface area contributed by atoms with Crippen molar-refractivity contribution < 1.29 is 0 Å². The molecule has 1 aliphatic heterocycles. The summed E-state index contributed by atoms with van der Waals surface area (Å²) in [7, 11) is 0. The second-order valence-corrected chi connectivity index (χ2v) is 8.55. The van der Waals surface area contributed by atoms with Gasteiger partial charge in [0, 0.05) is 5.54 Å². The molecule has 0 aliphatic carbocycles. The first kappa shape index (κ1) is 15.0. The molecule has 1 saturated heterocycles. The molecule has 0 aromatic heterocycles. The largest absolute Gasteiger partial charge is 0.298 e.